The van der Waals surface area contributed by atoms with Gasteiger partial charge < -0.3 is 15.1 Å². The molecule has 5 rings (SSSR count). The summed E-state index contributed by atoms with van der Waals surface area (Å²) >= 11 is 1.80. The van der Waals surface area contributed by atoms with E-state index in [1.807, 2.05) is 30.3 Å². The van der Waals surface area contributed by atoms with Crippen LogP contribution in [0.25, 0.3) is 21.0 Å². The van der Waals surface area contributed by atoms with Gasteiger partial charge in [0.05, 0.1) is 10.2 Å². The molecule has 3 N–H and O–H groups in total. The number of anilines is 1. The van der Waals surface area contributed by atoms with E-state index in [9.17, 15) is 4.79 Å². The molecule has 1 amide bonds. The standard InChI is InChI=1S/C24H24N4OS/c29-23(25-20-10-5-7-18-6-1-2-8-19(18)20)16-27-12-14-28(15-13-27)17-24-26-21-9-3-4-11-22(21)30-24/h1-11H,12-17H2,(H,25,29)/p+2. The molecule has 0 aliphatic carbocycles. The monoisotopic (exact) mass is 418 g/mol. The molecule has 1 saturated heterocycles. The lowest BCUT2D eigenvalue weighted by molar-refractivity contribution is -1.01. The molecule has 0 unspecified atom stereocenters. The Morgan fingerprint density at radius 1 is 0.900 bits per heavy atom. The van der Waals surface area contributed by atoms with Gasteiger partial charge in [0.25, 0.3) is 5.91 Å². The van der Waals surface area contributed by atoms with Gasteiger partial charge in [-0.25, -0.2) is 4.98 Å². The van der Waals surface area contributed by atoms with Crippen molar-refractivity contribution in [2.45, 2.75) is 6.54 Å². The number of hydrogen-bond donors (Lipinski definition) is 3. The van der Waals surface area contributed by atoms with Crippen molar-refractivity contribution in [3.63, 3.8) is 0 Å². The minimum absolute atomic E-state index is 0.0935. The highest BCUT2D eigenvalue weighted by molar-refractivity contribution is 7.18. The first-order valence-electron chi connectivity index (χ1n) is 10.5. The summed E-state index contributed by atoms with van der Waals surface area (Å²) < 4.78 is 1.27. The lowest BCUT2D eigenvalue weighted by Gasteiger charge is -2.28. The van der Waals surface area contributed by atoms with E-state index in [-0.39, 0.29) is 5.91 Å². The molecule has 4 aromatic rings. The minimum atomic E-state index is 0.0935. The fourth-order valence-corrected chi connectivity index (χ4v) is 5.31. The summed E-state index contributed by atoms with van der Waals surface area (Å²) in [4.78, 5) is 20.3. The van der Waals surface area contributed by atoms with Crippen LogP contribution >= 0.6 is 11.3 Å². The van der Waals surface area contributed by atoms with Crippen molar-refractivity contribution in [2.75, 3.05) is 38.0 Å². The summed E-state index contributed by atoms with van der Waals surface area (Å²) in [6, 6.07) is 22.6. The van der Waals surface area contributed by atoms with Gasteiger partial charge in [-0.1, -0.05) is 48.5 Å². The molecular formula is C24H26N4OS+2. The van der Waals surface area contributed by atoms with Crippen molar-refractivity contribution in [1.29, 1.82) is 0 Å². The number of amides is 1. The minimum Gasteiger partial charge on any atom is -0.321 e. The number of rotatable bonds is 5. The van der Waals surface area contributed by atoms with Crippen LogP contribution in [0.2, 0.25) is 0 Å². The second kappa shape index (κ2) is 8.52. The number of hydrogen-bond acceptors (Lipinski definition) is 3. The molecule has 6 heteroatoms. The van der Waals surface area contributed by atoms with Crippen molar-refractivity contribution in [3.05, 3.63) is 71.7 Å². The first-order chi connectivity index (χ1) is 14.7. The van der Waals surface area contributed by atoms with Gasteiger partial charge in [-0.15, -0.1) is 11.3 Å². The number of carbonyl (C=O) groups is 1. The van der Waals surface area contributed by atoms with Crippen LogP contribution in [-0.2, 0) is 11.3 Å². The van der Waals surface area contributed by atoms with Gasteiger partial charge in [-0.05, 0) is 23.6 Å². The third kappa shape index (κ3) is 4.21. The fraction of sp³-hybridized carbons (Fsp3) is 0.250. The Kier molecular flexibility index (Phi) is 5.45. The molecule has 5 nitrogen and oxygen atoms in total. The van der Waals surface area contributed by atoms with E-state index >= 15 is 0 Å². The molecule has 3 aromatic carbocycles. The summed E-state index contributed by atoms with van der Waals surface area (Å²) in [5, 5.41) is 6.57. The van der Waals surface area contributed by atoms with E-state index in [1.165, 1.54) is 14.6 Å². The van der Waals surface area contributed by atoms with E-state index in [0.717, 1.165) is 54.7 Å². The summed E-state index contributed by atoms with van der Waals surface area (Å²) in [6.07, 6.45) is 0. The largest absolute Gasteiger partial charge is 0.321 e. The zero-order valence-corrected chi connectivity index (χ0v) is 17.7. The van der Waals surface area contributed by atoms with Crippen LogP contribution in [0.15, 0.2) is 66.7 Å². The number of nitrogens with zero attached hydrogens (tertiary/aromatic N) is 1. The molecule has 1 fully saturated rings. The van der Waals surface area contributed by atoms with E-state index < -0.39 is 0 Å². The molecule has 152 valence electrons. The summed E-state index contributed by atoms with van der Waals surface area (Å²) in [7, 11) is 0. The number of thiazole rings is 1. The number of aromatic nitrogens is 1. The zero-order valence-electron chi connectivity index (χ0n) is 16.9. The van der Waals surface area contributed by atoms with Crippen LogP contribution in [0, 0.1) is 0 Å². The molecule has 30 heavy (non-hydrogen) atoms. The van der Waals surface area contributed by atoms with Crippen LogP contribution < -0.4 is 15.1 Å². The summed E-state index contributed by atoms with van der Waals surface area (Å²) in [5.74, 6) is 0.0935. The molecule has 0 saturated carbocycles. The van der Waals surface area contributed by atoms with Crippen LogP contribution in [0.4, 0.5) is 5.69 Å². The van der Waals surface area contributed by atoms with Gasteiger partial charge >= 0.3 is 0 Å². The molecule has 1 aliphatic heterocycles. The average Bonchev–Trinajstić information content (AvgIpc) is 3.18. The highest BCUT2D eigenvalue weighted by atomic mass is 32.1. The maximum atomic E-state index is 12.6. The van der Waals surface area contributed by atoms with Gasteiger partial charge in [0.1, 0.15) is 37.7 Å². The Bertz CT molecular complexity index is 1140. The lowest BCUT2D eigenvalue weighted by Crippen LogP contribution is -3.28. The highest BCUT2D eigenvalue weighted by Gasteiger charge is 2.25. The SMILES string of the molecule is O=C(C[NH+]1CC[NH+](Cc2nc3ccccc3s2)CC1)Nc1cccc2ccccc12. The number of carbonyl (C=O) groups excluding carboxylic acids is 1. The Balaban J connectivity index is 1.14. The smallest absolute Gasteiger partial charge is 0.279 e. The Labute approximate surface area is 179 Å². The number of nitrogens with one attached hydrogen (secondary N) is 3. The Hall–Kier alpha value is -2.80. The first-order valence-corrected chi connectivity index (χ1v) is 11.4. The lowest BCUT2D eigenvalue weighted by atomic mass is 10.1. The van der Waals surface area contributed by atoms with Crippen LogP contribution in [0.3, 0.4) is 0 Å². The van der Waals surface area contributed by atoms with Crippen molar-refractivity contribution < 1.29 is 14.6 Å². The number of fused-ring (bicyclic) bond motifs is 2. The number of quaternary nitrogens is 2. The van der Waals surface area contributed by atoms with E-state index in [4.69, 9.17) is 4.98 Å². The molecule has 1 aromatic heterocycles. The third-order valence-corrected chi connectivity index (χ3v) is 6.91. The van der Waals surface area contributed by atoms with Crippen LogP contribution in [0.1, 0.15) is 5.01 Å². The normalized spacial score (nSPS) is 19.2. The van der Waals surface area contributed by atoms with E-state index in [2.05, 4.69) is 41.7 Å². The average molecular weight is 419 g/mol. The highest BCUT2D eigenvalue weighted by Crippen LogP contribution is 2.23. The van der Waals surface area contributed by atoms with E-state index in [1.54, 1.807) is 16.2 Å². The van der Waals surface area contributed by atoms with Crippen molar-refractivity contribution >= 4 is 43.9 Å². The molecular weight excluding hydrogens is 392 g/mol. The third-order valence-electron chi connectivity index (χ3n) is 5.88. The van der Waals surface area contributed by atoms with Gasteiger partial charge in [0.2, 0.25) is 0 Å². The summed E-state index contributed by atoms with van der Waals surface area (Å²) in [5.41, 5.74) is 2.00. The predicted molar refractivity (Wildman–Crippen MR) is 122 cm³/mol. The molecule has 0 bridgehead atoms. The van der Waals surface area contributed by atoms with E-state index in [0.29, 0.717) is 6.54 Å². The molecule has 0 spiro atoms. The van der Waals surface area contributed by atoms with Crippen LogP contribution in [0.5, 0.6) is 0 Å². The Morgan fingerprint density at radius 3 is 2.50 bits per heavy atom. The molecule has 1 aliphatic rings. The van der Waals surface area contributed by atoms with Crippen molar-refractivity contribution in [2.24, 2.45) is 0 Å². The number of piperazine rings is 1. The topological polar surface area (TPSA) is 50.9 Å². The van der Waals surface area contributed by atoms with Gasteiger partial charge in [0.15, 0.2) is 6.54 Å². The second-order valence-electron chi connectivity index (χ2n) is 8.00. The van der Waals surface area contributed by atoms with Gasteiger partial charge in [-0.2, -0.15) is 0 Å². The number of para-hydroxylation sites is 1. The van der Waals surface area contributed by atoms with Crippen molar-refractivity contribution in [3.8, 4) is 0 Å². The quantitative estimate of drug-likeness (QED) is 0.459. The first kappa shape index (κ1) is 19.2. The Morgan fingerprint density at radius 2 is 1.63 bits per heavy atom. The maximum Gasteiger partial charge on any atom is 0.279 e. The molecule has 0 atom stereocenters. The van der Waals surface area contributed by atoms with Crippen molar-refractivity contribution in [1.82, 2.24) is 4.98 Å². The fourth-order valence-electron chi connectivity index (χ4n) is 4.28. The molecule has 2 heterocycles. The second-order valence-corrected chi connectivity index (χ2v) is 9.12. The maximum absolute atomic E-state index is 12.6. The number of benzene rings is 3. The van der Waals surface area contributed by atoms with Crippen LogP contribution in [-0.4, -0.2) is 43.6 Å². The zero-order chi connectivity index (χ0) is 20.3. The molecule has 0 radical (unpaired) electrons. The van der Waals surface area contributed by atoms with Gasteiger partial charge in [0, 0.05) is 11.1 Å². The van der Waals surface area contributed by atoms with Gasteiger partial charge in [-0.3, -0.25) is 4.79 Å². The predicted octanol–water partition coefficient (Wildman–Crippen LogP) is 1.37. The summed E-state index contributed by atoms with van der Waals surface area (Å²) in [6.45, 7) is 5.69.